The highest BCUT2D eigenvalue weighted by atomic mass is 35.5. The van der Waals surface area contributed by atoms with Crippen LogP contribution in [0.25, 0.3) is 0 Å². The van der Waals surface area contributed by atoms with E-state index >= 15 is 0 Å². The molecule has 0 radical (unpaired) electrons. The molecular formula is C15H17ClN2O2S. The molecule has 21 heavy (non-hydrogen) atoms. The van der Waals surface area contributed by atoms with Crippen molar-refractivity contribution >= 4 is 21.6 Å². The molecule has 0 spiro atoms. The van der Waals surface area contributed by atoms with Gasteiger partial charge in [0.2, 0.25) is 10.0 Å². The molecule has 0 amide bonds. The number of pyridine rings is 1. The maximum absolute atomic E-state index is 12.5. The van der Waals surface area contributed by atoms with E-state index in [9.17, 15) is 8.42 Å². The van der Waals surface area contributed by atoms with Gasteiger partial charge < -0.3 is 0 Å². The molecule has 1 aromatic carbocycles. The van der Waals surface area contributed by atoms with Crippen molar-refractivity contribution in [3.8, 4) is 0 Å². The van der Waals surface area contributed by atoms with Crippen LogP contribution in [0.5, 0.6) is 0 Å². The van der Waals surface area contributed by atoms with E-state index in [4.69, 9.17) is 11.6 Å². The van der Waals surface area contributed by atoms with Crippen LogP contribution in [0.1, 0.15) is 11.1 Å². The van der Waals surface area contributed by atoms with Crippen LogP contribution in [0.15, 0.2) is 53.7 Å². The number of hydrogen-bond acceptors (Lipinski definition) is 3. The molecule has 0 unspecified atom stereocenters. The normalized spacial score (nSPS) is 11.8. The third-order valence-electron chi connectivity index (χ3n) is 3.23. The van der Waals surface area contributed by atoms with E-state index in [0.29, 0.717) is 18.8 Å². The first-order valence-electron chi connectivity index (χ1n) is 6.54. The fraction of sp³-hybridized carbons (Fsp3) is 0.267. The summed E-state index contributed by atoms with van der Waals surface area (Å²) >= 11 is 5.76. The molecule has 0 fully saturated rings. The highest BCUT2D eigenvalue weighted by molar-refractivity contribution is 7.89. The summed E-state index contributed by atoms with van der Waals surface area (Å²) in [6.07, 6.45) is 4.05. The summed E-state index contributed by atoms with van der Waals surface area (Å²) in [6.45, 7) is 0.414. The van der Waals surface area contributed by atoms with E-state index in [0.717, 1.165) is 11.1 Å². The molecule has 1 heterocycles. The topological polar surface area (TPSA) is 50.3 Å². The predicted octanol–water partition coefficient (Wildman–Crippen LogP) is 2.68. The zero-order valence-corrected chi connectivity index (χ0v) is 13.3. The maximum atomic E-state index is 12.5. The van der Waals surface area contributed by atoms with Gasteiger partial charge in [-0.05, 0) is 41.8 Å². The third kappa shape index (κ3) is 4.03. The van der Waals surface area contributed by atoms with Crippen LogP contribution in [-0.4, -0.2) is 31.3 Å². The highest BCUT2D eigenvalue weighted by Gasteiger charge is 2.20. The first kappa shape index (κ1) is 15.9. The van der Waals surface area contributed by atoms with Crippen molar-refractivity contribution < 1.29 is 8.42 Å². The Kier molecular flexibility index (Phi) is 5.33. The Balaban J connectivity index is 2.11. The van der Waals surface area contributed by atoms with E-state index in [1.54, 1.807) is 37.6 Å². The molecule has 4 nitrogen and oxygen atoms in total. The second-order valence-electron chi connectivity index (χ2n) is 4.71. The summed E-state index contributed by atoms with van der Waals surface area (Å²) in [5.41, 5.74) is 1.85. The number of nitrogens with zero attached hydrogens (tertiary/aromatic N) is 2. The number of benzene rings is 1. The smallest absolute Gasteiger partial charge is 0.242 e. The standard InChI is InChI=1S/C15H17ClN2O2S/c1-18(10-7-13-5-8-17-9-6-13)21(19,20)15-4-2-3-14(11-15)12-16/h2-6,8-9,11H,7,10,12H2,1H3. The number of hydrogen-bond donors (Lipinski definition) is 0. The van der Waals surface area contributed by atoms with Crippen molar-refractivity contribution in [2.75, 3.05) is 13.6 Å². The zero-order chi connectivity index (χ0) is 15.3. The summed E-state index contributed by atoms with van der Waals surface area (Å²) < 4.78 is 26.3. The average Bonchev–Trinajstić information content (AvgIpc) is 2.53. The van der Waals surface area contributed by atoms with Crippen molar-refractivity contribution in [3.63, 3.8) is 0 Å². The van der Waals surface area contributed by atoms with Gasteiger partial charge in [-0.2, -0.15) is 0 Å². The second kappa shape index (κ2) is 7.02. The average molecular weight is 325 g/mol. The first-order valence-corrected chi connectivity index (χ1v) is 8.51. The lowest BCUT2D eigenvalue weighted by atomic mass is 10.2. The quantitative estimate of drug-likeness (QED) is 0.768. The van der Waals surface area contributed by atoms with Crippen LogP contribution in [0.3, 0.4) is 0 Å². The van der Waals surface area contributed by atoms with E-state index < -0.39 is 10.0 Å². The number of alkyl halides is 1. The molecule has 2 rings (SSSR count). The van der Waals surface area contributed by atoms with E-state index in [1.807, 2.05) is 18.2 Å². The van der Waals surface area contributed by atoms with Crippen LogP contribution in [0.4, 0.5) is 0 Å². The Morgan fingerprint density at radius 2 is 1.86 bits per heavy atom. The summed E-state index contributed by atoms with van der Waals surface area (Å²) in [5, 5.41) is 0. The lowest BCUT2D eigenvalue weighted by Gasteiger charge is -2.17. The molecule has 0 aliphatic carbocycles. The lowest BCUT2D eigenvalue weighted by molar-refractivity contribution is 0.472. The van der Waals surface area contributed by atoms with Crippen molar-refractivity contribution in [1.82, 2.24) is 9.29 Å². The van der Waals surface area contributed by atoms with Gasteiger partial charge in [0.05, 0.1) is 4.90 Å². The Morgan fingerprint density at radius 3 is 2.52 bits per heavy atom. The number of halogens is 1. The minimum absolute atomic E-state index is 0.276. The lowest BCUT2D eigenvalue weighted by Crippen LogP contribution is -2.29. The molecule has 0 aliphatic rings. The minimum Gasteiger partial charge on any atom is -0.265 e. The van der Waals surface area contributed by atoms with Crippen LogP contribution < -0.4 is 0 Å². The van der Waals surface area contributed by atoms with Gasteiger partial charge in [-0.3, -0.25) is 4.98 Å². The Labute approximate surface area is 130 Å². The number of likely N-dealkylation sites (N-methyl/N-ethyl adjacent to an activating group) is 1. The summed E-state index contributed by atoms with van der Waals surface area (Å²) in [7, 11) is -1.90. The molecule has 0 saturated carbocycles. The van der Waals surface area contributed by atoms with Gasteiger partial charge in [0.1, 0.15) is 0 Å². The van der Waals surface area contributed by atoms with Crippen molar-refractivity contribution in [2.45, 2.75) is 17.2 Å². The van der Waals surface area contributed by atoms with Crippen molar-refractivity contribution in [2.24, 2.45) is 0 Å². The van der Waals surface area contributed by atoms with Gasteiger partial charge in [0.15, 0.2) is 0 Å². The molecular weight excluding hydrogens is 308 g/mol. The van der Waals surface area contributed by atoms with Crippen LogP contribution in [0.2, 0.25) is 0 Å². The van der Waals surface area contributed by atoms with E-state index in [2.05, 4.69) is 4.98 Å². The van der Waals surface area contributed by atoms with Gasteiger partial charge in [-0.25, -0.2) is 12.7 Å². The number of rotatable bonds is 6. The van der Waals surface area contributed by atoms with E-state index in [-0.39, 0.29) is 4.90 Å². The molecule has 0 N–H and O–H groups in total. The van der Waals surface area contributed by atoms with Gasteiger partial charge in [0.25, 0.3) is 0 Å². The van der Waals surface area contributed by atoms with Gasteiger partial charge in [-0.1, -0.05) is 12.1 Å². The van der Waals surface area contributed by atoms with Gasteiger partial charge in [-0.15, -0.1) is 11.6 Å². The summed E-state index contributed by atoms with van der Waals surface area (Å²) in [5.74, 6) is 0.296. The maximum Gasteiger partial charge on any atom is 0.242 e. The SMILES string of the molecule is CN(CCc1ccncc1)S(=O)(=O)c1cccc(CCl)c1. The number of aromatic nitrogens is 1. The Bertz CT molecular complexity index is 690. The van der Waals surface area contributed by atoms with Crippen LogP contribution in [-0.2, 0) is 22.3 Å². The molecule has 0 bridgehead atoms. The highest BCUT2D eigenvalue weighted by Crippen LogP contribution is 2.17. The van der Waals surface area contributed by atoms with Crippen molar-refractivity contribution in [3.05, 3.63) is 59.9 Å². The molecule has 112 valence electrons. The van der Waals surface area contributed by atoms with Gasteiger partial charge in [0, 0.05) is 31.9 Å². The Hall–Kier alpha value is -1.43. The fourth-order valence-electron chi connectivity index (χ4n) is 1.93. The molecule has 1 aromatic heterocycles. The van der Waals surface area contributed by atoms with Crippen LogP contribution >= 0.6 is 11.6 Å². The molecule has 0 atom stereocenters. The first-order chi connectivity index (χ1) is 10.0. The summed E-state index contributed by atoms with van der Waals surface area (Å²) in [4.78, 5) is 4.22. The number of sulfonamides is 1. The zero-order valence-electron chi connectivity index (χ0n) is 11.7. The Morgan fingerprint density at radius 1 is 1.14 bits per heavy atom. The molecule has 0 aliphatic heterocycles. The van der Waals surface area contributed by atoms with Crippen molar-refractivity contribution in [1.29, 1.82) is 0 Å². The largest absolute Gasteiger partial charge is 0.265 e. The molecule has 2 aromatic rings. The second-order valence-corrected chi connectivity index (χ2v) is 7.03. The minimum atomic E-state index is -3.48. The molecule has 0 saturated heterocycles. The predicted molar refractivity (Wildman–Crippen MR) is 83.8 cm³/mol. The van der Waals surface area contributed by atoms with Gasteiger partial charge >= 0.3 is 0 Å². The van der Waals surface area contributed by atoms with E-state index in [1.165, 1.54) is 4.31 Å². The monoisotopic (exact) mass is 324 g/mol. The third-order valence-corrected chi connectivity index (χ3v) is 5.39. The van der Waals surface area contributed by atoms with Crippen LogP contribution in [0, 0.1) is 0 Å². The fourth-order valence-corrected chi connectivity index (χ4v) is 3.33. The molecule has 6 heteroatoms. The summed E-state index contributed by atoms with van der Waals surface area (Å²) in [6, 6.07) is 10.5.